The topological polar surface area (TPSA) is 84.7 Å². The van der Waals surface area contributed by atoms with Crippen molar-refractivity contribution in [3.05, 3.63) is 0 Å². The molecule has 1 heterocycles. The Kier molecular flexibility index (Phi) is 5.60. The summed E-state index contributed by atoms with van der Waals surface area (Å²) >= 11 is 0. The van der Waals surface area contributed by atoms with Gasteiger partial charge in [0, 0.05) is 19.6 Å². The van der Waals surface area contributed by atoms with Crippen LogP contribution in [-0.4, -0.2) is 48.2 Å². The summed E-state index contributed by atoms with van der Waals surface area (Å²) < 4.78 is 5.08. The maximum absolute atomic E-state index is 12.0. The summed E-state index contributed by atoms with van der Waals surface area (Å²) in [5.41, 5.74) is 5.25. The average molecular weight is 271 g/mol. The van der Waals surface area contributed by atoms with Gasteiger partial charge in [-0.1, -0.05) is 0 Å². The number of alkyl carbamates (subject to hydrolysis) is 1. The van der Waals surface area contributed by atoms with Crippen LogP contribution >= 0.6 is 0 Å². The third-order valence-corrected chi connectivity index (χ3v) is 2.85. The smallest absolute Gasteiger partial charge is 0.407 e. The van der Waals surface area contributed by atoms with Crippen LogP contribution in [0.4, 0.5) is 4.79 Å². The van der Waals surface area contributed by atoms with Crippen molar-refractivity contribution < 1.29 is 14.3 Å². The highest BCUT2D eigenvalue weighted by Gasteiger charge is 2.23. The molecular weight excluding hydrogens is 246 g/mol. The third kappa shape index (κ3) is 5.92. The van der Waals surface area contributed by atoms with Gasteiger partial charge in [0.2, 0.25) is 5.91 Å². The molecule has 0 spiro atoms. The van der Waals surface area contributed by atoms with Crippen LogP contribution in [0, 0.1) is 0 Å². The van der Waals surface area contributed by atoms with Gasteiger partial charge in [-0.05, 0) is 40.0 Å². The van der Waals surface area contributed by atoms with E-state index >= 15 is 0 Å². The van der Waals surface area contributed by atoms with Crippen molar-refractivity contribution in [3.63, 3.8) is 0 Å². The fourth-order valence-electron chi connectivity index (χ4n) is 1.94. The van der Waals surface area contributed by atoms with E-state index in [1.807, 2.05) is 0 Å². The Morgan fingerprint density at radius 1 is 1.26 bits per heavy atom. The highest BCUT2D eigenvalue weighted by Crippen LogP contribution is 2.09. The van der Waals surface area contributed by atoms with Crippen LogP contribution in [0.3, 0.4) is 0 Å². The summed E-state index contributed by atoms with van der Waals surface area (Å²) in [6, 6.07) is -0.703. The highest BCUT2D eigenvalue weighted by atomic mass is 16.6. The van der Waals surface area contributed by atoms with Gasteiger partial charge in [0.25, 0.3) is 0 Å². The lowest BCUT2D eigenvalue weighted by molar-refractivity contribution is -0.133. The van der Waals surface area contributed by atoms with E-state index in [2.05, 4.69) is 5.32 Å². The minimum atomic E-state index is -0.703. The number of rotatable bonds is 3. The summed E-state index contributed by atoms with van der Waals surface area (Å²) in [4.78, 5) is 25.2. The largest absolute Gasteiger partial charge is 0.444 e. The van der Waals surface area contributed by atoms with Crippen molar-refractivity contribution >= 4 is 12.0 Å². The van der Waals surface area contributed by atoms with Gasteiger partial charge in [-0.25, -0.2) is 4.79 Å². The molecule has 1 unspecified atom stereocenters. The highest BCUT2D eigenvalue weighted by molar-refractivity contribution is 5.82. The number of carbonyl (C=O) groups excluding carboxylic acids is 2. The van der Waals surface area contributed by atoms with Gasteiger partial charge in [0.05, 0.1) is 0 Å². The molecule has 1 atom stereocenters. The van der Waals surface area contributed by atoms with Crippen LogP contribution in [0.2, 0.25) is 0 Å². The fraction of sp³-hybridized carbons (Fsp3) is 0.846. The number of nitrogens with one attached hydrogen (secondary N) is 1. The van der Waals surface area contributed by atoms with Crippen molar-refractivity contribution in [2.24, 2.45) is 5.73 Å². The molecule has 3 N–H and O–H groups in total. The van der Waals surface area contributed by atoms with E-state index in [9.17, 15) is 9.59 Å². The van der Waals surface area contributed by atoms with Crippen molar-refractivity contribution in [2.75, 3.05) is 19.6 Å². The molecule has 0 saturated carbocycles. The van der Waals surface area contributed by atoms with Gasteiger partial charge in [0.1, 0.15) is 11.6 Å². The standard InChI is InChI=1S/C13H25N3O3/c1-13(2,3)19-12(18)15-9-10(14)11(17)16-7-5-4-6-8-16/h10H,4-9,14H2,1-3H3,(H,15,18). The maximum atomic E-state index is 12.0. The fourth-order valence-corrected chi connectivity index (χ4v) is 1.94. The Balaban J connectivity index is 2.31. The predicted molar refractivity (Wildman–Crippen MR) is 72.6 cm³/mol. The van der Waals surface area contributed by atoms with Crippen molar-refractivity contribution in [1.82, 2.24) is 10.2 Å². The van der Waals surface area contributed by atoms with Gasteiger partial charge < -0.3 is 20.7 Å². The van der Waals surface area contributed by atoms with Gasteiger partial charge in [0.15, 0.2) is 0 Å². The summed E-state index contributed by atoms with van der Waals surface area (Å²) in [6.45, 7) is 6.98. The van der Waals surface area contributed by atoms with E-state index in [1.165, 1.54) is 0 Å². The number of hydrogen-bond acceptors (Lipinski definition) is 4. The van der Waals surface area contributed by atoms with Crippen LogP contribution in [-0.2, 0) is 9.53 Å². The normalized spacial score (nSPS) is 17.8. The van der Waals surface area contributed by atoms with Gasteiger partial charge in [-0.2, -0.15) is 0 Å². The van der Waals surface area contributed by atoms with Crippen LogP contribution < -0.4 is 11.1 Å². The monoisotopic (exact) mass is 271 g/mol. The molecule has 1 aliphatic heterocycles. The summed E-state index contributed by atoms with van der Waals surface area (Å²) in [5, 5.41) is 2.53. The lowest BCUT2D eigenvalue weighted by atomic mass is 10.1. The molecule has 6 nitrogen and oxygen atoms in total. The van der Waals surface area contributed by atoms with Crippen LogP contribution in [0.5, 0.6) is 0 Å². The number of carbonyl (C=O) groups is 2. The van der Waals surface area contributed by atoms with E-state index in [0.717, 1.165) is 32.4 Å². The quantitative estimate of drug-likeness (QED) is 0.797. The number of nitrogens with two attached hydrogens (primary N) is 1. The molecule has 1 fully saturated rings. The first-order valence-electron chi connectivity index (χ1n) is 6.81. The first-order chi connectivity index (χ1) is 8.79. The van der Waals surface area contributed by atoms with Gasteiger partial charge in [-0.15, -0.1) is 0 Å². The number of ether oxygens (including phenoxy) is 1. The molecule has 0 aromatic heterocycles. The molecule has 110 valence electrons. The van der Waals surface area contributed by atoms with Crippen LogP contribution in [0.15, 0.2) is 0 Å². The van der Waals surface area contributed by atoms with E-state index in [0.29, 0.717) is 0 Å². The zero-order chi connectivity index (χ0) is 14.5. The van der Waals surface area contributed by atoms with E-state index < -0.39 is 17.7 Å². The van der Waals surface area contributed by atoms with Gasteiger partial charge >= 0.3 is 6.09 Å². The molecule has 1 rings (SSSR count). The minimum Gasteiger partial charge on any atom is -0.444 e. The summed E-state index contributed by atoms with van der Waals surface area (Å²) in [5.74, 6) is -0.101. The number of amides is 2. The van der Waals surface area contributed by atoms with Crippen LogP contribution in [0.25, 0.3) is 0 Å². The lowest BCUT2D eigenvalue weighted by Crippen LogP contribution is -2.51. The number of likely N-dealkylation sites (tertiary alicyclic amines) is 1. The molecule has 0 aliphatic carbocycles. The molecule has 1 saturated heterocycles. The van der Waals surface area contributed by atoms with E-state index in [4.69, 9.17) is 10.5 Å². The summed E-state index contributed by atoms with van der Waals surface area (Å²) in [6.07, 6.45) is 2.67. The minimum absolute atomic E-state index is 0.101. The number of hydrogen-bond donors (Lipinski definition) is 2. The van der Waals surface area contributed by atoms with Gasteiger partial charge in [-0.3, -0.25) is 4.79 Å². The first-order valence-corrected chi connectivity index (χ1v) is 6.81. The molecule has 19 heavy (non-hydrogen) atoms. The second-order valence-corrected chi connectivity index (χ2v) is 5.88. The first kappa shape index (κ1) is 15.8. The van der Waals surface area contributed by atoms with Crippen molar-refractivity contribution in [1.29, 1.82) is 0 Å². The molecule has 0 radical (unpaired) electrons. The second-order valence-electron chi connectivity index (χ2n) is 5.88. The molecule has 0 aromatic carbocycles. The predicted octanol–water partition coefficient (Wildman–Crippen LogP) is 0.851. The van der Waals surface area contributed by atoms with Crippen LogP contribution in [0.1, 0.15) is 40.0 Å². The second kappa shape index (κ2) is 6.75. The maximum Gasteiger partial charge on any atom is 0.407 e. The number of piperidine rings is 1. The molecular formula is C13H25N3O3. The average Bonchev–Trinajstić information content (AvgIpc) is 2.34. The zero-order valence-electron chi connectivity index (χ0n) is 12.1. The SMILES string of the molecule is CC(C)(C)OC(=O)NCC(N)C(=O)N1CCCCC1. The Morgan fingerprint density at radius 3 is 2.37 bits per heavy atom. The van der Waals surface area contributed by atoms with Crippen molar-refractivity contribution in [2.45, 2.75) is 51.7 Å². The summed E-state index contributed by atoms with van der Waals surface area (Å²) in [7, 11) is 0. The molecule has 0 bridgehead atoms. The lowest BCUT2D eigenvalue weighted by Gasteiger charge is -2.29. The Bertz CT molecular complexity index is 320. The molecule has 0 aromatic rings. The van der Waals surface area contributed by atoms with Crippen molar-refractivity contribution in [3.8, 4) is 0 Å². The zero-order valence-corrected chi connectivity index (χ0v) is 12.1. The molecule has 6 heteroatoms. The van der Waals surface area contributed by atoms with E-state index in [-0.39, 0.29) is 12.5 Å². The van der Waals surface area contributed by atoms with E-state index in [1.54, 1.807) is 25.7 Å². The Morgan fingerprint density at radius 2 is 1.84 bits per heavy atom. The molecule has 1 aliphatic rings. The Hall–Kier alpha value is -1.30. The third-order valence-electron chi connectivity index (χ3n) is 2.85. The molecule has 2 amide bonds. The number of nitrogens with zero attached hydrogens (tertiary/aromatic N) is 1. The Labute approximate surface area is 114 Å².